The van der Waals surface area contributed by atoms with Gasteiger partial charge >= 0.3 is 0 Å². The van der Waals surface area contributed by atoms with E-state index in [1.165, 1.54) is 0 Å². The van der Waals surface area contributed by atoms with E-state index in [1.807, 2.05) is 18.2 Å². The third kappa shape index (κ3) is 2.77. The quantitative estimate of drug-likeness (QED) is 0.641. The number of benzene rings is 2. The zero-order valence-electron chi connectivity index (χ0n) is 10.5. The number of para-hydroxylation sites is 1. The summed E-state index contributed by atoms with van der Waals surface area (Å²) in [7, 11) is 0. The van der Waals surface area contributed by atoms with Crippen LogP contribution in [0.4, 0.5) is 0 Å². The highest BCUT2D eigenvalue weighted by molar-refractivity contribution is 7.80. The Morgan fingerprint density at radius 3 is 2.38 bits per heavy atom. The smallest absolute Gasteiger partial charge is 0.193 e. The lowest BCUT2D eigenvalue weighted by Crippen LogP contribution is -1.99. The third-order valence-corrected chi connectivity index (χ3v) is 4.07. The highest BCUT2D eigenvalue weighted by atomic mass is 35.5. The zero-order chi connectivity index (χ0) is 15.0. The summed E-state index contributed by atoms with van der Waals surface area (Å²) < 4.78 is 1.74. The molecule has 0 fully saturated rings. The van der Waals surface area contributed by atoms with Gasteiger partial charge in [-0.1, -0.05) is 46.9 Å². The second-order valence-electron chi connectivity index (χ2n) is 4.23. The van der Waals surface area contributed by atoms with Crippen LogP contribution in [0, 0.1) is 0 Å². The van der Waals surface area contributed by atoms with Gasteiger partial charge in [-0.3, -0.25) is 4.57 Å². The lowest BCUT2D eigenvalue weighted by Gasteiger charge is -2.11. The molecule has 0 radical (unpaired) electrons. The summed E-state index contributed by atoms with van der Waals surface area (Å²) in [5, 5.41) is 10.2. The number of nitrogens with zero attached hydrogens (tertiary/aromatic N) is 3. The van der Waals surface area contributed by atoms with E-state index in [1.54, 1.807) is 28.8 Å². The molecule has 3 aromatic rings. The molecule has 0 aliphatic carbocycles. The molecule has 0 saturated heterocycles. The van der Waals surface area contributed by atoms with Crippen LogP contribution in [0.15, 0.2) is 47.6 Å². The van der Waals surface area contributed by atoms with E-state index in [4.69, 9.17) is 34.8 Å². The Kier molecular flexibility index (Phi) is 4.13. The van der Waals surface area contributed by atoms with Crippen molar-refractivity contribution in [3.8, 4) is 17.1 Å². The third-order valence-electron chi connectivity index (χ3n) is 2.91. The summed E-state index contributed by atoms with van der Waals surface area (Å²) in [4.78, 5) is 0. The topological polar surface area (TPSA) is 30.7 Å². The maximum atomic E-state index is 6.25. The van der Waals surface area contributed by atoms with Crippen LogP contribution >= 0.6 is 47.4 Å². The number of thiol groups is 1. The minimum Gasteiger partial charge on any atom is -0.269 e. The molecule has 0 aliphatic heterocycles. The van der Waals surface area contributed by atoms with Crippen LogP contribution in [-0.2, 0) is 0 Å². The Bertz CT molecular complexity index is 817. The first-order valence-electron chi connectivity index (χ1n) is 5.92. The largest absolute Gasteiger partial charge is 0.269 e. The summed E-state index contributed by atoms with van der Waals surface area (Å²) in [6.45, 7) is 0. The molecule has 21 heavy (non-hydrogen) atoms. The second kappa shape index (κ2) is 5.89. The predicted molar refractivity (Wildman–Crippen MR) is 89.1 cm³/mol. The molecule has 0 aliphatic rings. The summed E-state index contributed by atoms with van der Waals surface area (Å²) in [6, 6.07) is 12.6. The van der Waals surface area contributed by atoms with E-state index in [0.717, 1.165) is 5.69 Å². The lowest BCUT2D eigenvalue weighted by atomic mass is 10.2. The van der Waals surface area contributed by atoms with Gasteiger partial charge in [0.1, 0.15) is 0 Å². The van der Waals surface area contributed by atoms with Crippen molar-refractivity contribution in [1.82, 2.24) is 14.8 Å². The molecule has 7 heteroatoms. The Balaban J connectivity index is 2.25. The number of rotatable bonds is 2. The van der Waals surface area contributed by atoms with Gasteiger partial charge < -0.3 is 0 Å². The standard InChI is InChI=1S/C14H8Cl3N3S/c15-8-5-6-9(11(17)7-8)13-18-19-14(21)20(13)12-4-2-1-3-10(12)16/h1-7H,(H,19,21). The van der Waals surface area contributed by atoms with Crippen molar-refractivity contribution >= 4 is 47.4 Å². The molecule has 1 aromatic heterocycles. The summed E-state index contributed by atoms with van der Waals surface area (Å²) in [5.74, 6) is 0.551. The van der Waals surface area contributed by atoms with Crippen LogP contribution in [0.25, 0.3) is 17.1 Å². The average molecular weight is 357 g/mol. The maximum Gasteiger partial charge on any atom is 0.193 e. The van der Waals surface area contributed by atoms with E-state index in [9.17, 15) is 0 Å². The van der Waals surface area contributed by atoms with Crippen LogP contribution in [0.1, 0.15) is 0 Å². The van der Waals surface area contributed by atoms with E-state index in [0.29, 0.717) is 31.6 Å². The number of halogens is 3. The number of hydrogen-bond acceptors (Lipinski definition) is 3. The highest BCUT2D eigenvalue weighted by Gasteiger charge is 2.17. The van der Waals surface area contributed by atoms with Crippen LogP contribution in [-0.4, -0.2) is 14.8 Å². The van der Waals surface area contributed by atoms with Crippen molar-refractivity contribution < 1.29 is 0 Å². The molecule has 0 bridgehead atoms. The van der Waals surface area contributed by atoms with Crippen LogP contribution in [0.3, 0.4) is 0 Å². The van der Waals surface area contributed by atoms with Gasteiger partial charge in [0.25, 0.3) is 0 Å². The normalized spacial score (nSPS) is 10.9. The Hall–Kier alpha value is -1.20. The van der Waals surface area contributed by atoms with E-state index in [2.05, 4.69) is 22.8 Å². The van der Waals surface area contributed by atoms with Crippen molar-refractivity contribution in [2.45, 2.75) is 5.16 Å². The molecule has 0 amide bonds. The monoisotopic (exact) mass is 355 g/mol. The van der Waals surface area contributed by atoms with Gasteiger partial charge in [-0.2, -0.15) is 0 Å². The molecule has 3 nitrogen and oxygen atoms in total. The maximum absolute atomic E-state index is 6.25. The molecule has 0 N–H and O–H groups in total. The number of hydrogen-bond donors (Lipinski definition) is 1. The molecule has 2 aromatic carbocycles. The highest BCUT2D eigenvalue weighted by Crippen LogP contribution is 2.33. The molecular weight excluding hydrogens is 349 g/mol. The molecule has 0 atom stereocenters. The van der Waals surface area contributed by atoms with E-state index < -0.39 is 0 Å². The van der Waals surface area contributed by atoms with Gasteiger partial charge in [-0.05, 0) is 30.3 Å². The lowest BCUT2D eigenvalue weighted by molar-refractivity contribution is 0.892. The van der Waals surface area contributed by atoms with E-state index in [-0.39, 0.29) is 0 Å². The summed E-state index contributed by atoms with van der Waals surface area (Å²) >= 11 is 22.8. The molecule has 3 rings (SSSR count). The van der Waals surface area contributed by atoms with Crippen LogP contribution in [0.5, 0.6) is 0 Å². The van der Waals surface area contributed by atoms with Gasteiger partial charge in [-0.25, -0.2) is 0 Å². The van der Waals surface area contributed by atoms with Crippen molar-refractivity contribution in [2.24, 2.45) is 0 Å². The minimum atomic E-state index is 0.420. The Labute approximate surface area is 141 Å². The van der Waals surface area contributed by atoms with Crippen molar-refractivity contribution in [1.29, 1.82) is 0 Å². The molecular formula is C14H8Cl3N3S. The fraction of sp³-hybridized carbons (Fsp3) is 0. The first-order valence-corrected chi connectivity index (χ1v) is 7.51. The Morgan fingerprint density at radius 2 is 1.67 bits per heavy atom. The van der Waals surface area contributed by atoms with Crippen LogP contribution < -0.4 is 0 Å². The number of aromatic nitrogens is 3. The molecule has 106 valence electrons. The first kappa shape index (κ1) is 14.7. The van der Waals surface area contributed by atoms with Gasteiger partial charge in [0.15, 0.2) is 11.0 Å². The molecule has 0 saturated carbocycles. The van der Waals surface area contributed by atoms with Gasteiger partial charge in [-0.15, -0.1) is 22.8 Å². The minimum absolute atomic E-state index is 0.420. The fourth-order valence-corrected chi connectivity index (χ4v) is 2.94. The Morgan fingerprint density at radius 1 is 0.905 bits per heavy atom. The predicted octanol–water partition coefficient (Wildman–Crippen LogP) is 5.18. The van der Waals surface area contributed by atoms with Gasteiger partial charge in [0.05, 0.1) is 15.7 Å². The average Bonchev–Trinajstić information content (AvgIpc) is 2.81. The van der Waals surface area contributed by atoms with Crippen molar-refractivity contribution in [3.63, 3.8) is 0 Å². The summed E-state index contributed by atoms with van der Waals surface area (Å²) in [6.07, 6.45) is 0. The SMILES string of the molecule is Sc1nnc(-c2ccc(Cl)cc2Cl)n1-c1ccccc1Cl. The van der Waals surface area contributed by atoms with Crippen LogP contribution in [0.2, 0.25) is 15.1 Å². The van der Waals surface area contributed by atoms with Crippen molar-refractivity contribution in [3.05, 3.63) is 57.5 Å². The van der Waals surface area contributed by atoms with Crippen molar-refractivity contribution in [2.75, 3.05) is 0 Å². The van der Waals surface area contributed by atoms with Gasteiger partial charge in [0.2, 0.25) is 0 Å². The fourth-order valence-electron chi connectivity index (χ4n) is 1.98. The molecule has 1 heterocycles. The summed E-state index contributed by atoms with van der Waals surface area (Å²) in [5.41, 5.74) is 1.43. The molecule has 0 unspecified atom stereocenters. The van der Waals surface area contributed by atoms with E-state index >= 15 is 0 Å². The first-order chi connectivity index (χ1) is 10.1. The zero-order valence-corrected chi connectivity index (χ0v) is 13.6. The second-order valence-corrected chi connectivity index (χ2v) is 5.89. The van der Waals surface area contributed by atoms with Gasteiger partial charge in [0, 0.05) is 10.6 Å². The molecule has 0 spiro atoms.